The first-order chi connectivity index (χ1) is 8.29. The summed E-state index contributed by atoms with van der Waals surface area (Å²) in [5.74, 6) is -1.68. The predicted molar refractivity (Wildman–Crippen MR) is 66.9 cm³/mol. The Morgan fingerprint density at radius 2 is 1.42 bits per heavy atom. The van der Waals surface area contributed by atoms with Gasteiger partial charge in [0.25, 0.3) is 10.1 Å². The molecule has 0 aliphatic carbocycles. The molecule has 1 N–H and O–H groups in total. The van der Waals surface area contributed by atoms with Crippen LogP contribution in [0.4, 0.5) is 0 Å². The molecular weight excluding hydrogens is 401 g/mol. The monoisotopic (exact) mass is 414 g/mol. The zero-order valence-electron chi connectivity index (χ0n) is 12.2. The fourth-order valence-electron chi connectivity index (χ4n) is 1.22. The summed E-state index contributed by atoms with van der Waals surface area (Å²) in [6, 6.07) is 2.90. The second kappa shape index (κ2) is 7.43. The van der Waals surface area contributed by atoms with E-state index in [0.717, 1.165) is 32.4 Å². The number of hydrogen-bond donors (Lipinski definition) is 1. The first-order valence-corrected chi connectivity index (χ1v) is 6.03. The van der Waals surface area contributed by atoms with Crippen LogP contribution in [0.15, 0.2) is 23.1 Å². The van der Waals surface area contributed by atoms with Gasteiger partial charge in [-0.25, -0.2) is 9.59 Å². The van der Waals surface area contributed by atoms with Gasteiger partial charge in [0.15, 0.2) is 0 Å². The third kappa shape index (κ3) is 4.91. The maximum atomic E-state index is 11.3. The average molecular weight is 414 g/mol. The molecule has 0 bridgehead atoms. The minimum atomic E-state index is -4.55. The van der Waals surface area contributed by atoms with Crippen LogP contribution in [0.3, 0.4) is 0 Å². The van der Waals surface area contributed by atoms with Crippen molar-refractivity contribution in [2.45, 2.75) is 4.90 Å². The maximum Gasteiger partial charge on any atom is 2.00 e. The van der Waals surface area contributed by atoms with Gasteiger partial charge in [0, 0.05) is 0 Å². The second-order valence-electron chi connectivity index (χ2n) is 3.20. The van der Waals surface area contributed by atoms with E-state index in [4.69, 9.17) is 4.55 Å². The normalized spacial score (nSPS) is 10.3. The first-order valence-electron chi connectivity index (χ1n) is 4.59. The van der Waals surface area contributed by atoms with E-state index in [-0.39, 0.29) is 62.9 Å². The van der Waals surface area contributed by atoms with Crippen molar-refractivity contribution < 1.29 is 34.9 Å². The van der Waals surface area contributed by atoms with Gasteiger partial charge in [-0.05, 0) is 18.2 Å². The van der Waals surface area contributed by atoms with Crippen LogP contribution >= 0.6 is 0 Å². The Kier molecular flexibility index (Phi) is 7.29. The molecule has 0 amide bonds. The van der Waals surface area contributed by atoms with Gasteiger partial charge in [-0.3, -0.25) is 4.55 Å². The van der Waals surface area contributed by atoms with Gasteiger partial charge in [0.05, 0.1) is 30.2 Å². The number of hydrogen-bond acceptors (Lipinski definition) is 6. The molecule has 0 heterocycles. The van der Waals surface area contributed by atoms with Crippen LogP contribution in [0, 0.1) is 0 Å². The van der Waals surface area contributed by atoms with E-state index in [1.54, 1.807) is 0 Å². The maximum absolute atomic E-state index is 11.3. The molecular formula is C10H12BaO7S. The predicted octanol–water partition coefficient (Wildman–Crippen LogP) is 0.351. The summed E-state index contributed by atoms with van der Waals surface area (Å²) in [6.45, 7) is 0. The molecule has 0 atom stereocenters. The van der Waals surface area contributed by atoms with Crippen molar-refractivity contribution in [2.75, 3.05) is 14.2 Å². The zero-order valence-corrected chi connectivity index (χ0v) is 15.5. The van der Waals surface area contributed by atoms with E-state index in [1.807, 2.05) is 0 Å². The van der Waals surface area contributed by atoms with Crippen LogP contribution < -0.4 is 0 Å². The Hall–Kier alpha value is -0.359. The summed E-state index contributed by atoms with van der Waals surface area (Å²) in [6.07, 6.45) is 0. The van der Waals surface area contributed by atoms with Crippen molar-refractivity contribution in [3.63, 3.8) is 0 Å². The Morgan fingerprint density at radius 1 is 1.05 bits per heavy atom. The standard InChI is InChI=1S/C10H10O7S.Ba.2H/c1-16-9(11)6-3-7(10(12)17-2)5-8(4-6)18(13,14)15;;;/h3-5H,1-2H3,(H,13,14,15);;;/q;+2;2*-1. The van der Waals surface area contributed by atoms with Crippen molar-refractivity contribution in [2.24, 2.45) is 0 Å². The number of carbonyl (C=O) groups excluding carboxylic acids is 2. The molecule has 0 saturated heterocycles. The molecule has 0 fully saturated rings. The van der Waals surface area contributed by atoms with Crippen molar-refractivity contribution in [3.05, 3.63) is 29.3 Å². The Labute approximate surface area is 153 Å². The van der Waals surface area contributed by atoms with Gasteiger partial charge in [0.2, 0.25) is 0 Å². The van der Waals surface area contributed by atoms with Gasteiger partial charge in [-0.2, -0.15) is 8.42 Å². The molecule has 1 rings (SSSR count). The molecule has 7 nitrogen and oxygen atoms in total. The summed E-state index contributed by atoms with van der Waals surface area (Å²) < 4.78 is 39.7. The number of benzene rings is 1. The zero-order chi connectivity index (χ0) is 13.9. The van der Waals surface area contributed by atoms with Crippen molar-refractivity contribution in [3.8, 4) is 0 Å². The van der Waals surface area contributed by atoms with Crippen LogP contribution in [-0.2, 0) is 19.6 Å². The number of rotatable bonds is 3. The minimum Gasteiger partial charge on any atom is -1.00 e. The van der Waals surface area contributed by atoms with E-state index >= 15 is 0 Å². The third-order valence-corrected chi connectivity index (χ3v) is 2.88. The molecule has 0 aliphatic heterocycles. The molecule has 19 heavy (non-hydrogen) atoms. The molecule has 0 spiro atoms. The summed E-state index contributed by atoms with van der Waals surface area (Å²) in [5, 5.41) is 0. The summed E-state index contributed by atoms with van der Waals surface area (Å²) in [4.78, 5) is 22.0. The summed E-state index contributed by atoms with van der Waals surface area (Å²) in [7, 11) is -2.35. The molecule has 0 radical (unpaired) electrons. The molecule has 102 valence electrons. The SMILES string of the molecule is COC(=O)c1cc(C(=O)OC)cc(S(=O)(=O)O)c1.[Ba+2].[H-].[H-]. The van der Waals surface area contributed by atoms with Gasteiger partial charge in [-0.1, -0.05) is 0 Å². The molecule has 1 aromatic rings. The van der Waals surface area contributed by atoms with Crippen LogP contribution in [0.5, 0.6) is 0 Å². The van der Waals surface area contributed by atoms with E-state index in [2.05, 4.69) is 9.47 Å². The first kappa shape index (κ1) is 18.6. The van der Waals surface area contributed by atoms with Crippen molar-refractivity contribution >= 4 is 70.9 Å². The van der Waals surface area contributed by atoms with Crippen molar-refractivity contribution in [1.82, 2.24) is 0 Å². The number of carbonyl (C=O) groups is 2. The molecule has 0 aliphatic rings. The van der Waals surface area contributed by atoms with Gasteiger partial charge in [-0.15, -0.1) is 0 Å². The van der Waals surface area contributed by atoms with Crippen LogP contribution in [0.2, 0.25) is 0 Å². The van der Waals surface area contributed by atoms with Crippen LogP contribution in [0.25, 0.3) is 0 Å². The number of esters is 2. The third-order valence-electron chi connectivity index (χ3n) is 2.05. The van der Waals surface area contributed by atoms with E-state index < -0.39 is 27.0 Å². The fourth-order valence-corrected chi connectivity index (χ4v) is 1.77. The quantitative estimate of drug-likeness (QED) is 0.433. The van der Waals surface area contributed by atoms with E-state index in [0.29, 0.717) is 0 Å². The van der Waals surface area contributed by atoms with Crippen LogP contribution in [-0.4, -0.2) is 88.0 Å². The van der Waals surface area contributed by atoms with Gasteiger partial charge in [0.1, 0.15) is 0 Å². The molecule has 0 unspecified atom stereocenters. The Morgan fingerprint density at radius 3 is 1.68 bits per heavy atom. The molecule has 0 aromatic heterocycles. The Balaban J connectivity index is -0.00000108. The minimum absolute atomic E-state index is 0. The summed E-state index contributed by atoms with van der Waals surface area (Å²) in [5.41, 5.74) is -0.374. The number of methoxy groups -OCH3 is 2. The second-order valence-corrected chi connectivity index (χ2v) is 4.63. The van der Waals surface area contributed by atoms with Gasteiger partial charge >= 0.3 is 60.8 Å². The molecule has 9 heteroatoms. The summed E-state index contributed by atoms with van der Waals surface area (Å²) >= 11 is 0. The average Bonchev–Trinajstić information content (AvgIpc) is 2.35. The van der Waals surface area contributed by atoms with Crippen LogP contribution in [0.1, 0.15) is 23.6 Å². The largest absolute Gasteiger partial charge is 2.00 e. The van der Waals surface area contributed by atoms with E-state index in [1.165, 1.54) is 0 Å². The fraction of sp³-hybridized carbons (Fsp3) is 0.200. The smallest absolute Gasteiger partial charge is 1.00 e. The van der Waals surface area contributed by atoms with Gasteiger partial charge < -0.3 is 12.3 Å². The molecule has 0 saturated carbocycles. The van der Waals surface area contributed by atoms with E-state index in [9.17, 15) is 18.0 Å². The van der Waals surface area contributed by atoms with Crippen molar-refractivity contribution in [1.29, 1.82) is 0 Å². The topological polar surface area (TPSA) is 107 Å². The molecule has 1 aromatic carbocycles. The Bertz CT molecular complexity index is 569. The number of ether oxygens (including phenoxy) is 2.